The van der Waals surface area contributed by atoms with Crippen molar-refractivity contribution in [2.45, 2.75) is 26.8 Å². The van der Waals surface area contributed by atoms with Gasteiger partial charge in [0, 0.05) is 16.6 Å². The van der Waals surface area contributed by atoms with Crippen LogP contribution in [0.1, 0.15) is 31.7 Å². The second-order valence-corrected chi connectivity index (χ2v) is 7.98. The first kappa shape index (κ1) is 18.8. The van der Waals surface area contributed by atoms with Crippen LogP contribution in [0.5, 0.6) is 5.75 Å². The maximum absolute atomic E-state index is 12.2. The molecule has 0 bridgehead atoms. The number of nitrogens with one attached hydrogen (secondary N) is 2. The minimum Gasteiger partial charge on any atom is -0.495 e. The second kappa shape index (κ2) is 8.01. The van der Waals surface area contributed by atoms with Crippen molar-refractivity contribution in [2.75, 3.05) is 19.0 Å². The molecule has 1 amide bonds. The summed E-state index contributed by atoms with van der Waals surface area (Å²) in [6.45, 7) is 6.70. The summed E-state index contributed by atoms with van der Waals surface area (Å²) in [6, 6.07) is 9.41. The predicted molar refractivity (Wildman–Crippen MR) is 101 cm³/mol. The minimum absolute atomic E-state index is 0.00849. The number of hydrogen-bond acceptors (Lipinski definition) is 4. The molecule has 0 saturated carbocycles. The van der Waals surface area contributed by atoms with E-state index in [9.17, 15) is 4.79 Å². The lowest BCUT2D eigenvalue weighted by atomic mass is 9.86. The molecule has 0 fully saturated rings. The minimum atomic E-state index is -0.109. The highest BCUT2D eigenvalue weighted by atomic mass is 35.5. The van der Waals surface area contributed by atoms with Gasteiger partial charge in [-0.15, -0.1) is 11.3 Å². The Hall–Kier alpha value is -1.56. The molecule has 24 heavy (non-hydrogen) atoms. The van der Waals surface area contributed by atoms with Crippen LogP contribution in [0.4, 0.5) is 5.69 Å². The van der Waals surface area contributed by atoms with Crippen LogP contribution in [0.2, 0.25) is 5.02 Å². The number of thiophene rings is 1. The van der Waals surface area contributed by atoms with Crippen LogP contribution < -0.4 is 15.4 Å². The van der Waals surface area contributed by atoms with Crippen molar-refractivity contribution in [3.8, 4) is 5.75 Å². The zero-order chi connectivity index (χ0) is 17.7. The van der Waals surface area contributed by atoms with Gasteiger partial charge < -0.3 is 15.4 Å². The van der Waals surface area contributed by atoms with Crippen LogP contribution in [0, 0.1) is 5.41 Å². The molecule has 1 atom stereocenters. The maximum atomic E-state index is 12.2. The number of ether oxygens (including phenoxy) is 1. The van der Waals surface area contributed by atoms with Crippen LogP contribution in [-0.4, -0.2) is 19.6 Å². The fourth-order valence-electron chi connectivity index (χ4n) is 2.43. The quantitative estimate of drug-likeness (QED) is 0.777. The van der Waals surface area contributed by atoms with E-state index in [4.69, 9.17) is 16.3 Å². The third-order valence-electron chi connectivity index (χ3n) is 3.60. The number of carbonyl (C=O) groups is 1. The molecular formula is C18H23ClN2O2S. The zero-order valence-corrected chi connectivity index (χ0v) is 15.9. The summed E-state index contributed by atoms with van der Waals surface area (Å²) in [7, 11) is 1.56. The molecule has 0 aliphatic carbocycles. The lowest BCUT2D eigenvalue weighted by Gasteiger charge is -2.30. The van der Waals surface area contributed by atoms with Gasteiger partial charge in [0.05, 0.1) is 18.7 Å². The number of carbonyl (C=O) groups excluding carboxylic acids is 1. The van der Waals surface area contributed by atoms with Gasteiger partial charge >= 0.3 is 0 Å². The predicted octanol–water partition coefficient (Wildman–Crippen LogP) is 4.73. The van der Waals surface area contributed by atoms with Crippen molar-refractivity contribution in [2.24, 2.45) is 5.41 Å². The summed E-state index contributed by atoms with van der Waals surface area (Å²) < 4.78 is 5.11. The molecule has 2 aromatic rings. The monoisotopic (exact) mass is 366 g/mol. The van der Waals surface area contributed by atoms with E-state index in [0.29, 0.717) is 16.5 Å². The maximum Gasteiger partial charge on any atom is 0.238 e. The topological polar surface area (TPSA) is 50.4 Å². The third kappa shape index (κ3) is 4.97. The van der Waals surface area contributed by atoms with Crippen LogP contribution >= 0.6 is 22.9 Å². The van der Waals surface area contributed by atoms with E-state index >= 15 is 0 Å². The summed E-state index contributed by atoms with van der Waals surface area (Å²) in [5, 5.41) is 8.73. The van der Waals surface area contributed by atoms with Gasteiger partial charge in [0.25, 0.3) is 0 Å². The van der Waals surface area contributed by atoms with Gasteiger partial charge in [-0.3, -0.25) is 4.79 Å². The molecule has 1 aromatic carbocycles. The molecule has 1 unspecified atom stereocenters. The van der Waals surface area contributed by atoms with Crippen molar-refractivity contribution >= 4 is 34.5 Å². The van der Waals surface area contributed by atoms with Crippen LogP contribution in [0.25, 0.3) is 0 Å². The van der Waals surface area contributed by atoms with E-state index in [1.165, 1.54) is 4.88 Å². The average Bonchev–Trinajstić information content (AvgIpc) is 3.00. The van der Waals surface area contributed by atoms with E-state index in [0.717, 1.165) is 0 Å². The molecular weight excluding hydrogens is 344 g/mol. The van der Waals surface area contributed by atoms with Gasteiger partial charge in [-0.2, -0.15) is 0 Å². The van der Waals surface area contributed by atoms with Crippen LogP contribution in [-0.2, 0) is 4.79 Å². The number of methoxy groups -OCH3 is 1. The van der Waals surface area contributed by atoms with Crippen molar-refractivity contribution in [1.82, 2.24) is 5.32 Å². The Morgan fingerprint density at radius 2 is 2.08 bits per heavy atom. The highest BCUT2D eigenvalue weighted by Gasteiger charge is 2.27. The summed E-state index contributed by atoms with van der Waals surface area (Å²) in [5.74, 6) is 0.473. The highest BCUT2D eigenvalue weighted by molar-refractivity contribution is 7.10. The average molecular weight is 367 g/mol. The van der Waals surface area contributed by atoms with E-state index in [2.05, 4.69) is 42.9 Å². The van der Waals surface area contributed by atoms with Gasteiger partial charge in [0.1, 0.15) is 5.75 Å². The molecule has 4 nitrogen and oxygen atoms in total. The summed E-state index contributed by atoms with van der Waals surface area (Å²) in [6.07, 6.45) is 0. The third-order valence-corrected chi connectivity index (χ3v) is 4.83. The van der Waals surface area contributed by atoms with Crippen molar-refractivity contribution in [3.05, 3.63) is 45.6 Å². The van der Waals surface area contributed by atoms with E-state index < -0.39 is 0 Å². The molecule has 2 N–H and O–H groups in total. The summed E-state index contributed by atoms with van der Waals surface area (Å²) in [5.41, 5.74) is 0.658. The Morgan fingerprint density at radius 3 is 2.62 bits per heavy atom. The summed E-state index contributed by atoms with van der Waals surface area (Å²) >= 11 is 7.77. The molecule has 6 heteroatoms. The number of anilines is 1. The molecule has 0 saturated heterocycles. The van der Waals surface area contributed by atoms with Gasteiger partial charge in [-0.05, 0) is 35.1 Å². The highest BCUT2D eigenvalue weighted by Crippen LogP contribution is 2.35. The Balaban J connectivity index is 1.97. The van der Waals surface area contributed by atoms with Gasteiger partial charge in [-0.1, -0.05) is 38.4 Å². The smallest absolute Gasteiger partial charge is 0.238 e. The van der Waals surface area contributed by atoms with Gasteiger partial charge in [0.2, 0.25) is 5.91 Å². The number of amides is 1. The number of hydrogen-bond donors (Lipinski definition) is 2. The Kier molecular flexibility index (Phi) is 6.27. The first-order valence-electron chi connectivity index (χ1n) is 7.71. The molecule has 1 heterocycles. The molecule has 0 aliphatic rings. The number of benzene rings is 1. The normalized spacial score (nSPS) is 12.7. The van der Waals surface area contributed by atoms with Crippen molar-refractivity contribution in [3.63, 3.8) is 0 Å². The van der Waals surface area contributed by atoms with Gasteiger partial charge in [0.15, 0.2) is 0 Å². The van der Waals surface area contributed by atoms with Crippen LogP contribution in [0.15, 0.2) is 35.7 Å². The molecule has 0 radical (unpaired) electrons. The SMILES string of the molecule is COc1ccc(NC(=O)CNC(c2cccs2)C(C)(C)C)cc1Cl. The largest absolute Gasteiger partial charge is 0.495 e. The van der Waals surface area contributed by atoms with Crippen LogP contribution in [0.3, 0.4) is 0 Å². The Bertz CT molecular complexity index is 681. The van der Waals surface area contributed by atoms with Crippen molar-refractivity contribution < 1.29 is 9.53 Å². The van der Waals surface area contributed by atoms with E-state index in [1.54, 1.807) is 36.6 Å². The lowest BCUT2D eigenvalue weighted by Crippen LogP contribution is -2.37. The van der Waals surface area contributed by atoms with E-state index in [-0.39, 0.29) is 23.9 Å². The Morgan fingerprint density at radius 1 is 1.33 bits per heavy atom. The first-order valence-corrected chi connectivity index (χ1v) is 8.97. The van der Waals surface area contributed by atoms with E-state index in [1.807, 2.05) is 6.07 Å². The number of halogens is 1. The molecule has 0 aliphatic heterocycles. The molecule has 0 spiro atoms. The molecule has 130 valence electrons. The zero-order valence-electron chi connectivity index (χ0n) is 14.4. The molecule has 2 rings (SSSR count). The number of rotatable bonds is 6. The first-order chi connectivity index (χ1) is 11.3. The second-order valence-electron chi connectivity index (χ2n) is 6.59. The lowest BCUT2D eigenvalue weighted by molar-refractivity contribution is -0.115. The fourth-order valence-corrected chi connectivity index (χ4v) is 3.74. The standard InChI is InChI=1S/C18H23ClN2O2S/c1-18(2,3)17(15-6-5-9-24-15)20-11-16(22)21-12-7-8-14(23-4)13(19)10-12/h5-10,17,20H,11H2,1-4H3,(H,21,22). The molecule has 1 aromatic heterocycles. The fraction of sp³-hybridized carbons (Fsp3) is 0.389. The summed E-state index contributed by atoms with van der Waals surface area (Å²) in [4.78, 5) is 13.5. The van der Waals surface area contributed by atoms with Crippen molar-refractivity contribution in [1.29, 1.82) is 0 Å². The Labute approximate surface area is 152 Å². The van der Waals surface area contributed by atoms with Gasteiger partial charge in [-0.25, -0.2) is 0 Å².